The highest BCUT2D eigenvalue weighted by molar-refractivity contribution is 14.1. The summed E-state index contributed by atoms with van der Waals surface area (Å²) >= 11 is 2.18. The Balaban J connectivity index is 3.20. The Morgan fingerprint density at radius 3 is 2.44 bits per heavy atom. The molecular formula is C8H4I. The molecule has 1 rings (SSSR count). The molecule has 0 N–H and O–H groups in total. The van der Waals surface area contributed by atoms with E-state index in [9.17, 15) is 0 Å². The van der Waals surface area contributed by atoms with E-state index < -0.39 is 0 Å². The average Bonchev–Trinajstić information content (AvgIpc) is 1.89. The Kier molecular flexibility index (Phi) is 2.12. The maximum atomic E-state index is 6.83. The third-order valence-corrected chi connectivity index (χ3v) is 1.95. The minimum atomic E-state index is 0.859. The molecule has 0 aliphatic heterocycles. The van der Waals surface area contributed by atoms with Gasteiger partial charge in [-0.2, -0.15) is 0 Å². The lowest BCUT2D eigenvalue weighted by Gasteiger charge is -1.90. The van der Waals surface area contributed by atoms with Crippen molar-refractivity contribution in [3.05, 3.63) is 39.8 Å². The van der Waals surface area contributed by atoms with E-state index >= 15 is 0 Å². The molecule has 0 unspecified atom stereocenters. The molecule has 1 aromatic carbocycles. The van der Waals surface area contributed by atoms with E-state index in [-0.39, 0.29) is 0 Å². The molecule has 0 amide bonds. The van der Waals surface area contributed by atoms with Crippen molar-refractivity contribution in [3.63, 3.8) is 0 Å². The average molecular weight is 227 g/mol. The largest absolute Gasteiger partial charge is 0.0611 e. The SMILES string of the molecule is [C]#Cc1ccccc1I. The second kappa shape index (κ2) is 2.88. The summed E-state index contributed by atoms with van der Waals surface area (Å²) in [5.41, 5.74) is 0.859. The lowest BCUT2D eigenvalue weighted by atomic mass is 10.2. The number of benzene rings is 1. The zero-order valence-electron chi connectivity index (χ0n) is 4.69. The first-order valence-electron chi connectivity index (χ1n) is 2.52. The van der Waals surface area contributed by atoms with Gasteiger partial charge in [-0.05, 0) is 41.1 Å². The van der Waals surface area contributed by atoms with Crippen LogP contribution in [0.25, 0.3) is 0 Å². The van der Waals surface area contributed by atoms with Crippen LogP contribution in [0.4, 0.5) is 0 Å². The quantitative estimate of drug-likeness (QED) is 0.471. The second-order valence-electron chi connectivity index (χ2n) is 1.60. The Labute approximate surface area is 68.4 Å². The number of hydrogen-bond donors (Lipinski definition) is 0. The maximum Gasteiger partial charge on any atom is 0.0389 e. The molecule has 0 aromatic heterocycles. The van der Waals surface area contributed by atoms with Crippen molar-refractivity contribution in [2.24, 2.45) is 0 Å². The zero-order chi connectivity index (χ0) is 6.69. The Morgan fingerprint density at radius 2 is 2.00 bits per heavy atom. The van der Waals surface area contributed by atoms with E-state index in [1.54, 1.807) is 0 Å². The molecule has 0 spiro atoms. The summed E-state index contributed by atoms with van der Waals surface area (Å²) in [4.78, 5) is 0. The Morgan fingerprint density at radius 1 is 1.33 bits per heavy atom. The summed E-state index contributed by atoms with van der Waals surface area (Å²) < 4.78 is 1.07. The van der Waals surface area contributed by atoms with Crippen LogP contribution in [0.1, 0.15) is 5.56 Å². The van der Waals surface area contributed by atoms with Crippen LogP contribution in [0.2, 0.25) is 0 Å². The van der Waals surface area contributed by atoms with Gasteiger partial charge in [-0.15, -0.1) is 0 Å². The third-order valence-electron chi connectivity index (χ3n) is 1.01. The summed E-state index contributed by atoms with van der Waals surface area (Å²) in [6, 6.07) is 7.67. The molecule has 1 heteroatoms. The fraction of sp³-hybridized carbons (Fsp3) is 0. The molecule has 43 valence electrons. The minimum Gasteiger partial charge on any atom is -0.0611 e. The van der Waals surface area contributed by atoms with Gasteiger partial charge in [0.15, 0.2) is 0 Å². The molecule has 1 radical (unpaired) electrons. The summed E-state index contributed by atoms with van der Waals surface area (Å²) in [6.07, 6.45) is 6.83. The van der Waals surface area contributed by atoms with Crippen molar-refractivity contribution in [1.29, 1.82) is 0 Å². The third kappa shape index (κ3) is 1.46. The molecule has 0 bridgehead atoms. The van der Waals surface area contributed by atoms with Gasteiger partial charge < -0.3 is 0 Å². The molecule has 0 saturated carbocycles. The van der Waals surface area contributed by atoms with Crippen molar-refractivity contribution < 1.29 is 0 Å². The number of halogens is 1. The van der Waals surface area contributed by atoms with Gasteiger partial charge in [-0.3, -0.25) is 0 Å². The van der Waals surface area contributed by atoms with Gasteiger partial charge in [-0.25, -0.2) is 0 Å². The van der Waals surface area contributed by atoms with E-state index in [1.165, 1.54) is 0 Å². The van der Waals surface area contributed by atoms with Crippen LogP contribution in [0.15, 0.2) is 24.3 Å². The molecular weight excluding hydrogens is 223 g/mol. The van der Waals surface area contributed by atoms with Crippen LogP contribution in [0, 0.1) is 15.9 Å². The second-order valence-corrected chi connectivity index (χ2v) is 2.77. The van der Waals surface area contributed by atoms with Gasteiger partial charge in [0.2, 0.25) is 0 Å². The lowest BCUT2D eigenvalue weighted by molar-refractivity contribution is 1.59. The van der Waals surface area contributed by atoms with E-state index in [1.807, 2.05) is 24.3 Å². The van der Waals surface area contributed by atoms with Crippen LogP contribution in [0.3, 0.4) is 0 Å². The summed E-state index contributed by atoms with van der Waals surface area (Å²) in [7, 11) is 0. The molecule has 1 aromatic rings. The van der Waals surface area contributed by atoms with Crippen molar-refractivity contribution >= 4 is 22.6 Å². The first kappa shape index (κ1) is 6.63. The predicted octanol–water partition coefficient (Wildman–Crippen LogP) is 2.23. The van der Waals surface area contributed by atoms with Gasteiger partial charge in [0, 0.05) is 9.13 Å². The van der Waals surface area contributed by atoms with Crippen LogP contribution in [0.5, 0.6) is 0 Å². The van der Waals surface area contributed by atoms with Crippen molar-refractivity contribution in [2.45, 2.75) is 0 Å². The maximum absolute atomic E-state index is 6.83. The summed E-state index contributed by atoms with van der Waals surface area (Å²) in [6.45, 7) is 0. The summed E-state index contributed by atoms with van der Waals surface area (Å²) in [5, 5.41) is 0. The van der Waals surface area contributed by atoms with E-state index in [0.29, 0.717) is 0 Å². The highest BCUT2D eigenvalue weighted by Gasteiger charge is 1.89. The van der Waals surface area contributed by atoms with E-state index in [0.717, 1.165) is 9.13 Å². The molecule has 0 aliphatic carbocycles. The van der Waals surface area contributed by atoms with Crippen LogP contribution < -0.4 is 0 Å². The van der Waals surface area contributed by atoms with Gasteiger partial charge in [0.05, 0.1) is 0 Å². The minimum absolute atomic E-state index is 0.859. The van der Waals surface area contributed by atoms with Gasteiger partial charge >= 0.3 is 0 Å². The smallest absolute Gasteiger partial charge is 0.0389 e. The molecule has 0 nitrogen and oxygen atoms in total. The van der Waals surface area contributed by atoms with Crippen LogP contribution in [-0.4, -0.2) is 0 Å². The molecule has 0 heterocycles. The highest BCUT2D eigenvalue weighted by Crippen LogP contribution is 2.08. The van der Waals surface area contributed by atoms with Crippen LogP contribution >= 0.6 is 22.6 Å². The number of rotatable bonds is 0. The highest BCUT2D eigenvalue weighted by atomic mass is 127. The van der Waals surface area contributed by atoms with Crippen molar-refractivity contribution in [2.75, 3.05) is 0 Å². The molecule has 0 saturated heterocycles. The number of hydrogen-bond acceptors (Lipinski definition) is 0. The molecule has 9 heavy (non-hydrogen) atoms. The normalized spacial score (nSPS) is 8.44. The zero-order valence-corrected chi connectivity index (χ0v) is 6.84. The van der Waals surface area contributed by atoms with Crippen molar-refractivity contribution in [1.82, 2.24) is 0 Å². The first-order valence-corrected chi connectivity index (χ1v) is 3.60. The standard InChI is InChI=1S/C8H4I/c1-2-7-5-3-4-6-8(7)9/h3-6H. The fourth-order valence-corrected chi connectivity index (χ4v) is 1.08. The van der Waals surface area contributed by atoms with E-state index in [4.69, 9.17) is 6.42 Å². The monoisotopic (exact) mass is 227 g/mol. The molecule has 0 fully saturated rings. The van der Waals surface area contributed by atoms with E-state index in [2.05, 4.69) is 28.5 Å². The van der Waals surface area contributed by atoms with Crippen molar-refractivity contribution in [3.8, 4) is 5.92 Å². The van der Waals surface area contributed by atoms with Gasteiger partial charge in [-0.1, -0.05) is 18.1 Å². The lowest BCUT2D eigenvalue weighted by Crippen LogP contribution is -1.76. The topological polar surface area (TPSA) is 0 Å². The Bertz CT molecular complexity index is 245. The van der Waals surface area contributed by atoms with Gasteiger partial charge in [0.1, 0.15) is 0 Å². The van der Waals surface area contributed by atoms with Crippen LogP contribution in [-0.2, 0) is 0 Å². The summed E-state index contributed by atoms with van der Waals surface area (Å²) in [5.74, 6) is 2.34. The predicted molar refractivity (Wildman–Crippen MR) is 45.4 cm³/mol. The fourth-order valence-electron chi connectivity index (χ4n) is 0.563. The molecule has 0 aliphatic rings. The molecule has 0 atom stereocenters. The Hall–Kier alpha value is -0.490. The van der Waals surface area contributed by atoms with Gasteiger partial charge in [0.25, 0.3) is 0 Å². The first-order chi connectivity index (χ1) is 4.34.